The maximum atomic E-state index is 12.6. The number of nitrogens with zero attached hydrogens (tertiary/aromatic N) is 1. The highest BCUT2D eigenvalue weighted by Gasteiger charge is 2.30. The largest absolute Gasteiger partial charge is 0.416 e. The average molecular weight is 330 g/mol. The second kappa shape index (κ2) is 6.37. The number of hydrogen-bond acceptors (Lipinski definition) is 3. The summed E-state index contributed by atoms with van der Waals surface area (Å²) in [6.45, 7) is 1.61. The second-order valence-corrected chi connectivity index (χ2v) is 5.52. The molecule has 4 nitrogen and oxygen atoms in total. The molecular weight excluding hydrogens is 317 g/mol. The van der Waals surface area contributed by atoms with Gasteiger partial charge in [0.1, 0.15) is 0 Å². The molecule has 118 valence electrons. The van der Waals surface area contributed by atoms with Gasteiger partial charge in [-0.2, -0.15) is 18.2 Å². The summed E-state index contributed by atoms with van der Waals surface area (Å²) in [5.41, 5.74) is -0.918. The van der Waals surface area contributed by atoms with Crippen LogP contribution in [0.2, 0.25) is 0 Å². The number of carbonyl (C=O) groups is 1. The lowest BCUT2D eigenvalue weighted by molar-refractivity contribution is -0.137. The van der Waals surface area contributed by atoms with Gasteiger partial charge >= 0.3 is 12.2 Å². The van der Waals surface area contributed by atoms with E-state index in [4.69, 9.17) is 0 Å². The lowest BCUT2D eigenvalue weighted by atomic mass is 10.2. The molecule has 0 bridgehead atoms. The topological polar surface area (TPSA) is 52.6 Å². The minimum atomic E-state index is -4.50. The number of rotatable bonds is 3. The van der Waals surface area contributed by atoms with Crippen molar-refractivity contribution in [2.45, 2.75) is 19.1 Å². The molecular formula is C14H13F3N2O2S. The highest BCUT2D eigenvalue weighted by molar-refractivity contribution is 7.10. The predicted molar refractivity (Wildman–Crippen MR) is 76.8 cm³/mol. The maximum Gasteiger partial charge on any atom is 0.416 e. The summed E-state index contributed by atoms with van der Waals surface area (Å²) in [6, 6.07) is 6.22. The first kappa shape index (κ1) is 16.3. The Morgan fingerprint density at radius 3 is 2.64 bits per heavy atom. The molecule has 0 spiro atoms. The van der Waals surface area contributed by atoms with Crippen molar-refractivity contribution in [3.8, 4) is 0 Å². The zero-order valence-electron chi connectivity index (χ0n) is 11.5. The van der Waals surface area contributed by atoms with Gasteiger partial charge in [0, 0.05) is 10.6 Å². The van der Waals surface area contributed by atoms with Crippen LogP contribution in [0.5, 0.6) is 0 Å². The number of nitrogens with one attached hydrogen (secondary N) is 1. The van der Waals surface area contributed by atoms with Gasteiger partial charge in [-0.05, 0) is 36.6 Å². The van der Waals surface area contributed by atoms with Crippen molar-refractivity contribution >= 4 is 23.1 Å². The Hall–Kier alpha value is -2.06. The summed E-state index contributed by atoms with van der Waals surface area (Å²) >= 11 is 1.36. The summed E-state index contributed by atoms with van der Waals surface area (Å²) in [7, 11) is 0. The van der Waals surface area contributed by atoms with Gasteiger partial charge in [-0.15, -0.1) is 11.3 Å². The van der Waals surface area contributed by atoms with Crippen molar-refractivity contribution in [2.24, 2.45) is 0 Å². The van der Waals surface area contributed by atoms with Crippen molar-refractivity contribution in [1.82, 2.24) is 5.06 Å². The van der Waals surface area contributed by atoms with E-state index in [-0.39, 0.29) is 5.69 Å². The first-order valence-electron chi connectivity index (χ1n) is 6.29. The SMILES string of the molecule is CC(c1cccs1)N(O)C(=O)Nc1cccc(C(F)(F)F)c1. The van der Waals surface area contributed by atoms with E-state index in [0.717, 1.165) is 17.0 Å². The van der Waals surface area contributed by atoms with E-state index in [1.807, 2.05) is 0 Å². The minimum Gasteiger partial charge on any atom is -0.306 e. The highest BCUT2D eigenvalue weighted by atomic mass is 32.1. The number of alkyl halides is 3. The molecule has 0 aliphatic heterocycles. The lowest BCUT2D eigenvalue weighted by Crippen LogP contribution is -2.33. The lowest BCUT2D eigenvalue weighted by Gasteiger charge is -2.22. The Morgan fingerprint density at radius 2 is 2.05 bits per heavy atom. The number of hydroxylamine groups is 2. The van der Waals surface area contributed by atoms with Gasteiger partial charge in [0.2, 0.25) is 0 Å². The van der Waals surface area contributed by atoms with Gasteiger partial charge in [0.15, 0.2) is 0 Å². The highest BCUT2D eigenvalue weighted by Crippen LogP contribution is 2.31. The van der Waals surface area contributed by atoms with E-state index in [2.05, 4.69) is 5.32 Å². The number of halogens is 3. The predicted octanol–water partition coefficient (Wildman–Crippen LogP) is 4.75. The summed E-state index contributed by atoms with van der Waals surface area (Å²) in [5, 5.41) is 14.3. The first-order valence-corrected chi connectivity index (χ1v) is 7.17. The number of carbonyl (C=O) groups excluding carboxylic acids is 1. The van der Waals surface area contributed by atoms with E-state index in [9.17, 15) is 23.2 Å². The van der Waals surface area contributed by atoms with Crippen LogP contribution in [-0.2, 0) is 6.18 Å². The van der Waals surface area contributed by atoms with E-state index in [0.29, 0.717) is 5.06 Å². The molecule has 0 aliphatic carbocycles. The Labute approximate surface area is 128 Å². The van der Waals surface area contributed by atoms with Crippen LogP contribution in [0.25, 0.3) is 0 Å². The molecule has 1 unspecified atom stereocenters. The molecule has 0 saturated carbocycles. The monoisotopic (exact) mass is 330 g/mol. The molecule has 0 fully saturated rings. The van der Waals surface area contributed by atoms with Crippen LogP contribution >= 0.6 is 11.3 Å². The number of benzene rings is 1. The van der Waals surface area contributed by atoms with Crippen LogP contribution in [0.4, 0.5) is 23.7 Å². The summed E-state index contributed by atoms with van der Waals surface area (Å²) < 4.78 is 37.8. The van der Waals surface area contributed by atoms with Crippen LogP contribution in [-0.4, -0.2) is 16.3 Å². The molecule has 1 aromatic carbocycles. The van der Waals surface area contributed by atoms with Crippen LogP contribution < -0.4 is 5.32 Å². The fourth-order valence-corrected chi connectivity index (χ4v) is 2.55. The third-order valence-corrected chi connectivity index (χ3v) is 4.01. The van der Waals surface area contributed by atoms with Gasteiger partial charge in [0.05, 0.1) is 11.6 Å². The maximum absolute atomic E-state index is 12.6. The molecule has 0 saturated heterocycles. The van der Waals surface area contributed by atoms with Gasteiger partial charge in [-0.1, -0.05) is 12.1 Å². The molecule has 1 atom stereocenters. The molecule has 2 N–H and O–H groups in total. The Morgan fingerprint density at radius 1 is 1.32 bits per heavy atom. The molecule has 2 amide bonds. The van der Waals surface area contributed by atoms with Crippen LogP contribution in [0.3, 0.4) is 0 Å². The molecule has 2 aromatic rings. The molecule has 8 heteroatoms. The zero-order valence-corrected chi connectivity index (χ0v) is 12.3. The average Bonchev–Trinajstić information content (AvgIpc) is 2.99. The molecule has 2 rings (SSSR count). The number of urea groups is 1. The number of anilines is 1. The zero-order chi connectivity index (χ0) is 16.3. The summed E-state index contributed by atoms with van der Waals surface area (Å²) in [6.07, 6.45) is -4.50. The van der Waals surface area contributed by atoms with Crippen LogP contribution in [0, 0.1) is 0 Å². The van der Waals surface area contributed by atoms with Gasteiger partial charge in [-0.25, -0.2) is 4.79 Å². The third kappa shape index (κ3) is 3.77. The Kier molecular flexibility index (Phi) is 4.72. The first-order chi connectivity index (χ1) is 10.3. The number of hydrogen-bond donors (Lipinski definition) is 2. The molecule has 1 aromatic heterocycles. The van der Waals surface area contributed by atoms with Gasteiger partial charge < -0.3 is 5.32 Å². The van der Waals surface area contributed by atoms with Gasteiger partial charge in [0.25, 0.3) is 0 Å². The van der Waals surface area contributed by atoms with E-state index in [1.165, 1.54) is 23.5 Å². The smallest absolute Gasteiger partial charge is 0.306 e. The van der Waals surface area contributed by atoms with Crippen molar-refractivity contribution in [3.05, 3.63) is 52.2 Å². The standard InChI is InChI=1S/C14H13F3N2O2S/c1-9(12-6-3-7-22-12)19(21)13(20)18-11-5-2-4-10(8-11)14(15,16)17/h2-9,21H,1H3,(H,18,20). The van der Waals surface area contributed by atoms with Crippen molar-refractivity contribution in [2.75, 3.05) is 5.32 Å². The fourth-order valence-electron chi connectivity index (χ4n) is 1.78. The van der Waals surface area contributed by atoms with E-state index < -0.39 is 23.8 Å². The Bertz CT molecular complexity index is 644. The minimum absolute atomic E-state index is 0.0442. The second-order valence-electron chi connectivity index (χ2n) is 4.54. The molecule has 22 heavy (non-hydrogen) atoms. The van der Waals surface area contributed by atoms with Crippen molar-refractivity contribution in [1.29, 1.82) is 0 Å². The molecule has 0 radical (unpaired) electrons. The number of thiophene rings is 1. The van der Waals surface area contributed by atoms with E-state index >= 15 is 0 Å². The van der Waals surface area contributed by atoms with Crippen molar-refractivity contribution in [3.63, 3.8) is 0 Å². The van der Waals surface area contributed by atoms with Gasteiger partial charge in [-0.3, -0.25) is 5.21 Å². The quantitative estimate of drug-likeness (QED) is 0.630. The van der Waals surface area contributed by atoms with Crippen LogP contribution in [0.1, 0.15) is 23.4 Å². The normalized spacial score (nSPS) is 12.8. The summed E-state index contributed by atoms with van der Waals surface area (Å²) in [4.78, 5) is 12.6. The molecule has 1 heterocycles. The van der Waals surface area contributed by atoms with E-state index in [1.54, 1.807) is 24.4 Å². The van der Waals surface area contributed by atoms with Crippen LogP contribution in [0.15, 0.2) is 41.8 Å². The Balaban J connectivity index is 2.09. The third-order valence-electron chi connectivity index (χ3n) is 2.97. The molecule has 0 aliphatic rings. The van der Waals surface area contributed by atoms with Crippen molar-refractivity contribution < 1.29 is 23.2 Å². The fraction of sp³-hybridized carbons (Fsp3) is 0.214. The number of amides is 2. The summed E-state index contributed by atoms with van der Waals surface area (Å²) in [5.74, 6) is 0.